The van der Waals surface area contributed by atoms with Crippen molar-refractivity contribution in [2.75, 3.05) is 47.5 Å². The maximum Gasteiger partial charge on any atom is 0.140 e. The molecule has 1 N–H and O–H groups in total. The molecule has 1 atom stereocenters. The van der Waals surface area contributed by atoms with Crippen LogP contribution in [0.15, 0.2) is 42.5 Å². The third-order valence-electron chi connectivity index (χ3n) is 3.91. The molecule has 0 aliphatic heterocycles. The first-order chi connectivity index (χ1) is 10.6. The van der Waals surface area contributed by atoms with Gasteiger partial charge in [0.15, 0.2) is 0 Å². The molecule has 4 nitrogen and oxygen atoms in total. The van der Waals surface area contributed by atoms with Gasteiger partial charge in [0.1, 0.15) is 31.5 Å². The number of hydrogen-bond donors (Lipinski definition) is 1. The molecule has 0 aromatic heterocycles. The molecule has 0 aliphatic carbocycles. The number of ether oxygens (including phenoxy) is 2. The Hall–Kier alpha value is -1.14. The molecule has 128 valence electrons. The summed E-state index contributed by atoms with van der Waals surface area (Å²) in [4.78, 5) is 0. The molecule has 1 unspecified atom stereocenters. The lowest BCUT2D eigenvalue weighted by Crippen LogP contribution is -3.00. The van der Waals surface area contributed by atoms with E-state index in [0.717, 1.165) is 17.7 Å². The molecule has 0 aliphatic rings. The van der Waals surface area contributed by atoms with Crippen molar-refractivity contribution in [2.45, 2.75) is 6.10 Å². The zero-order chi connectivity index (χ0) is 16.0. The van der Waals surface area contributed by atoms with E-state index in [4.69, 9.17) is 14.6 Å². The van der Waals surface area contributed by atoms with Gasteiger partial charge >= 0.3 is 0 Å². The SMILES string of the molecule is COC(COc1cccc2ccccc12)C[N+](C)(C)CCO.[Br-]. The second-order valence-electron chi connectivity index (χ2n) is 6.21. The summed E-state index contributed by atoms with van der Waals surface area (Å²) in [6.45, 7) is 2.17. The van der Waals surface area contributed by atoms with E-state index in [1.54, 1.807) is 7.11 Å². The second-order valence-corrected chi connectivity index (χ2v) is 6.21. The van der Waals surface area contributed by atoms with Gasteiger partial charge in [0.05, 0.1) is 20.7 Å². The second kappa shape index (κ2) is 9.23. The highest BCUT2D eigenvalue weighted by atomic mass is 79.9. The van der Waals surface area contributed by atoms with Gasteiger partial charge in [-0.05, 0) is 11.5 Å². The Kier molecular flexibility index (Phi) is 7.99. The average Bonchev–Trinajstić information content (AvgIpc) is 2.51. The molecule has 0 spiro atoms. The van der Waals surface area contributed by atoms with Crippen molar-refractivity contribution in [3.05, 3.63) is 42.5 Å². The first-order valence-corrected chi connectivity index (χ1v) is 7.62. The fraction of sp³-hybridized carbons (Fsp3) is 0.444. The van der Waals surface area contributed by atoms with Crippen LogP contribution < -0.4 is 21.7 Å². The van der Waals surface area contributed by atoms with Crippen molar-refractivity contribution in [1.29, 1.82) is 0 Å². The smallest absolute Gasteiger partial charge is 0.140 e. The lowest BCUT2D eigenvalue weighted by molar-refractivity contribution is -0.893. The predicted molar refractivity (Wildman–Crippen MR) is 89.2 cm³/mol. The summed E-state index contributed by atoms with van der Waals surface area (Å²) >= 11 is 0. The molecular formula is C18H26BrNO3. The molecule has 0 fully saturated rings. The van der Waals surface area contributed by atoms with Crippen LogP contribution in [0.25, 0.3) is 10.8 Å². The van der Waals surface area contributed by atoms with Gasteiger partial charge in [0.2, 0.25) is 0 Å². The number of aliphatic hydroxyl groups is 1. The fourth-order valence-electron chi connectivity index (χ4n) is 2.61. The summed E-state index contributed by atoms with van der Waals surface area (Å²) in [5.74, 6) is 0.882. The van der Waals surface area contributed by atoms with E-state index in [2.05, 4.69) is 32.3 Å². The first-order valence-electron chi connectivity index (χ1n) is 7.62. The molecule has 2 aromatic rings. The lowest BCUT2D eigenvalue weighted by Gasteiger charge is -2.32. The van der Waals surface area contributed by atoms with Crippen LogP contribution in [0.2, 0.25) is 0 Å². The van der Waals surface area contributed by atoms with Gasteiger partial charge in [-0.25, -0.2) is 0 Å². The minimum absolute atomic E-state index is 0. The summed E-state index contributed by atoms with van der Waals surface area (Å²) in [6, 6.07) is 14.3. The molecule has 23 heavy (non-hydrogen) atoms. The lowest BCUT2D eigenvalue weighted by atomic mass is 10.1. The van der Waals surface area contributed by atoms with Crippen molar-refractivity contribution < 1.29 is 36.0 Å². The molecule has 2 aromatic carbocycles. The number of methoxy groups -OCH3 is 1. The van der Waals surface area contributed by atoms with Gasteiger partial charge in [-0.1, -0.05) is 36.4 Å². The van der Waals surface area contributed by atoms with Gasteiger partial charge in [-0.15, -0.1) is 0 Å². The maximum atomic E-state index is 9.13. The largest absolute Gasteiger partial charge is 1.00 e. The van der Waals surface area contributed by atoms with E-state index in [1.807, 2.05) is 24.3 Å². The Balaban J connectivity index is 0.00000264. The van der Waals surface area contributed by atoms with Crippen LogP contribution in [0, 0.1) is 0 Å². The number of nitrogens with zero attached hydrogens (tertiary/aromatic N) is 1. The topological polar surface area (TPSA) is 38.7 Å². The van der Waals surface area contributed by atoms with Gasteiger partial charge in [0, 0.05) is 12.5 Å². The Morgan fingerprint density at radius 2 is 1.78 bits per heavy atom. The number of rotatable bonds is 8. The average molecular weight is 384 g/mol. The number of halogens is 1. The first kappa shape index (κ1) is 19.9. The minimum atomic E-state index is -0.0134. The summed E-state index contributed by atoms with van der Waals surface area (Å²) in [6.07, 6.45) is -0.0134. The summed E-state index contributed by atoms with van der Waals surface area (Å²) < 4.78 is 12.2. The van der Waals surface area contributed by atoms with Crippen molar-refractivity contribution >= 4 is 10.8 Å². The maximum absolute atomic E-state index is 9.13. The number of quaternary nitrogens is 1. The van der Waals surface area contributed by atoms with E-state index in [1.165, 1.54) is 5.39 Å². The number of aliphatic hydroxyl groups excluding tert-OH is 1. The number of hydrogen-bond acceptors (Lipinski definition) is 3. The number of likely N-dealkylation sites (N-methyl/N-ethyl adjacent to an activating group) is 1. The van der Waals surface area contributed by atoms with Crippen LogP contribution >= 0.6 is 0 Å². The van der Waals surface area contributed by atoms with E-state index < -0.39 is 0 Å². The molecule has 0 saturated carbocycles. The summed E-state index contributed by atoms with van der Waals surface area (Å²) in [5, 5.41) is 11.4. The Morgan fingerprint density at radius 1 is 1.09 bits per heavy atom. The quantitative estimate of drug-likeness (QED) is 0.613. The molecule has 0 radical (unpaired) electrons. The zero-order valence-electron chi connectivity index (χ0n) is 14.0. The highest BCUT2D eigenvalue weighted by Gasteiger charge is 2.22. The predicted octanol–water partition coefficient (Wildman–Crippen LogP) is -0.694. The molecule has 0 heterocycles. The van der Waals surface area contributed by atoms with Crippen molar-refractivity contribution in [3.8, 4) is 5.75 Å². The molecule has 0 amide bonds. The molecule has 0 saturated heterocycles. The van der Waals surface area contributed by atoms with E-state index in [0.29, 0.717) is 17.6 Å². The van der Waals surface area contributed by atoms with Crippen LogP contribution in [-0.4, -0.2) is 63.2 Å². The van der Waals surface area contributed by atoms with Crippen LogP contribution in [0.4, 0.5) is 0 Å². The fourth-order valence-corrected chi connectivity index (χ4v) is 2.61. The summed E-state index contributed by atoms with van der Waals surface area (Å²) in [5.41, 5.74) is 0. The summed E-state index contributed by atoms with van der Waals surface area (Å²) in [7, 11) is 5.87. The van der Waals surface area contributed by atoms with Crippen molar-refractivity contribution in [2.24, 2.45) is 0 Å². The van der Waals surface area contributed by atoms with E-state index in [-0.39, 0.29) is 29.7 Å². The van der Waals surface area contributed by atoms with Gasteiger partial charge in [0.25, 0.3) is 0 Å². The molecule has 0 bridgehead atoms. The Morgan fingerprint density at radius 3 is 2.48 bits per heavy atom. The molecule has 2 rings (SSSR count). The van der Waals surface area contributed by atoms with Crippen LogP contribution in [0.1, 0.15) is 0 Å². The zero-order valence-corrected chi connectivity index (χ0v) is 15.6. The van der Waals surface area contributed by atoms with Crippen molar-refractivity contribution in [3.63, 3.8) is 0 Å². The van der Waals surface area contributed by atoms with Crippen molar-refractivity contribution in [1.82, 2.24) is 0 Å². The highest BCUT2D eigenvalue weighted by molar-refractivity contribution is 5.88. The third kappa shape index (κ3) is 5.77. The Bertz CT molecular complexity index is 598. The number of fused-ring (bicyclic) bond motifs is 1. The standard InChI is InChI=1S/C18H26NO3.BrH/c1-19(2,11-12-20)13-16(21-3)14-22-18-10-6-8-15-7-4-5-9-17(15)18;/h4-10,16,20H,11-14H2,1-3H3;1H/q+1;/p-1. The van der Waals surface area contributed by atoms with Crippen LogP contribution in [0.3, 0.4) is 0 Å². The van der Waals surface area contributed by atoms with Crippen LogP contribution in [-0.2, 0) is 4.74 Å². The third-order valence-corrected chi connectivity index (χ3v) is 3.91. The van der Waals surface area contributed by atoms with Gasteiger partial charge < -0.3 is 36.0 Å². The monoisotopic (exact) mass is 383 g/mol. The van der Waals surface area contributed by atoms with E-state index in [9.17, 15) is 0 Å². The van der Waals surface area contributed by atoms with Gasteiger partial charge in [-0.3, -0.25) is 0 Å². The highest BCUT2D eigenvalue weighted by Crippen LogP contribution is 2.25. The minimum Gasteiger partial charge on any atom is -1.00 e. The van der Waals surface area contributed by atoms with Gasteiger partial charge in [-0.2, -0.15) is 0 Å². The number of benzene rings is 2. The normalized spacial score (nSPS) is 12.7. The Labute approximate surface area is 149 Å². The van der Waals surface area contributed by atoms with Crippen LogP contribution in [0.5, 0.6) is 5.75 Å². The molecule has 5 heteroatoms. The molecular weight excluding hydrogens is 358 g/mol. The van der Waals surface area contributed by atoms with E-state index >= 15 is 0 Å².